The Kier molecular flexibility index (Phi) is 5.73. The van der Waals surface area contributed by atoms with E-state index in [2.05, 4.69) is 20.6 Å². The summed E-state index contributed by atoms with van der Waals surface area (Å²) in [6.07, 6.45) is 0.544. The fourth-order valence-corrected chi connectivity index (χ4v) is 2.54. The zero-order chi connectivity index (χ0) is 18.4. The Bertz CT molecular complexity index is 866. The lowest BCUT2D eigenvalue weighted by Crippen LogP contribution is -2.11. The highest BCUT2D eigenvalue weighted by Gasteiger charge is 2.04. The Morgan fingerprint density at radius 3 is 2.46 bits per heavy atom. The van der Waals surface area contributed by atoms with Gasteiger partial charge in [-0.3, -0.25) is 0 Å². The highest BCUT2D eigenvalue weighted by molar-refractivity contribution is 5.43. The summed E-state index contributed by atoms with van der Waals surface area (Å²) in [5, 5.41) is 6.33. The molecule has 1 aromatic heterocycles. The number of benzene rings is 2. The van der Waals surface area contributed by atoms with Crippen molar-refractivity contribution < 1.29 is 8.78 Å². The molecule has 0 radical (unpaired) electrons. The van der Waals surface area contributed by atoms with Gasteiger partial charge in [-0.05, 0) is 42.7 Å². The molecule has 0 fully saturated rings. The van der Waals surface area contributed by atoms with Gasteiger partial charge < -0.3 is 10.6 Å². The number of halogens is 2. The second-order valence-electron chi connectivity index (χ2n) is 5.97. The third-order valence-corrected chi connectivity index (χ3v) is 3.88. The first-order chi connectivity index (χ1) is 12.6. The van der Waals surface area contributed by atoms with Crippen molar-refractivity contribution in [2.24, 2.45) is 0 Å². The van der Waals surface area contributed by atoms with Crippen LogP contribution in [0.1, 0.15) is 16.8 Å². The van der Waals surface area contributed by atoms with Gasteiger partial charge in [0, 0.05) is 24.8 Å². The summed E-state index contributed by atoms with van der Waals surface area (Å²) in [7, 11) is 0. The number of aryl methyl sites for hydroxylation is 1. The molecule has 2 aromatic carbocycles. The first-order valence-corrected chi connectivity index (χ1v) is 8.41. The molecular formula is C20H20F2N4. The number of hydrogen-bond acceptors (Lipinski definition) is 4. The van der Waals surface area contributed by atoms with Crippen LogP contribution >= 0.6 is 0 Å². The molecule has 6 heteroatoms. The Hall–Kier alpha value is -3.02. The lowest BCUT2D eigenvalue weighted by atomic mass is 10.1. The number of nitrogens with one attached hydrogen (secondary N) is 2. The van der Waals surface area contributed by atoms with Gasteiger partial charge in [0.2, 0.25) is 5.95 Å². The van der Waals surface area contributed by atoms with Gasteiger partial charge >= 0.3 is 0 Å². The van der Waals surface area contributed by atoms with Gasteiger partial charge in [-0.1, -0.05) is 30.3 Å². The molecule has 0 saturated carbocycles. The maximum atomic E-state index is 13.6. The van der Waals surface area contributed by atoms with Crippen LogP contribution in [0.15, 0.2) is 54.6 Å². The van der Waals surface area contributed by atoms with E-state index in [-0.39, 0.29) is 11.6 Å². The molecule has 0 saturated heterocycles. The highest BCUT2D eigenvalue weighted by Crippen LogP contribution is 2.13. The molecule has 3 aromatic rings. The smallest absolute Gasteiger partial charge is 0.224 e. The van der Waals surface area contributed by atoms with E-state index in [1.807, 2.05) is 19.1 Å². The van der Waals surface area contributed by atoms with Crippen molar-refractivity contribution in [2.75, 3.05) is 17.2 Å². The van der Waals surface area contributed by atoms with Crippen LogP contribution in [0, 0.1) is 18.6 Å². The minimum atomic E-state index is -0.257. The van der Waals surface area contributed by atoms with E-state index in [1.54, 1.807) is 24.3 Å². The molecule has 0 amide bonds. The van der Waals surface area contributed by atoms with E-state index in [1.165, 1.54) is 18.2 Å². The lowest BCUT2D eigenvalue weighted by molar-refractivity contribution is 0.610. The molecule has 1 heterocycles. The van der Waals surface area contributed by atoms with Gasteiger partial charge in [0.05, 0.1) is 0 Å². The summed E-state index contributed by atoms with van der Waals surface area (Å²) in [6, 6.07) is 14.9. The standard InChI is InChI=1S/C20H20F2N4/c1-14-12-19(24-13-15-6-8-17(21)9-7-15)26-20(25-14)23-11-10-16-4-2-3-5-18(16)22/h2-9,12H,10-11,13H2,1H3,(H2,23,24,25,26). The Labute approximate surface area is 151 Å². The molecule has 4 nitrogen and oxygen atoms in total. The van der Waals surface area contributed by atoms with Crippen molar-refractivity contribution in [3.8, 4) is 0 Å². The van der Waals surface area contributed by atoms with Gasteiger partial charge in [0.25, 0.3) is 0 Å². The topological polar surface area (TPSA) is 49.8 Å². The predicted octanol–water partition coefficient (Wildman–Crippen LogP) is 4.33. The number of rotatable bonds is 7. The Morgan fingerprint density at radius 2 is 1.69 bits per heavy atom. The number of aromatic nitrogens is 2. The number of nitrogens with zero attached hydrogens (tertiary/aromatic N) is 2. The minimum Gasteiger partial charge on any atom is -0.366 e. The van der Waals surface area contributed by atoms with Crippen LogP contribution < -0.4 is 10.6 Å². The zero-order valence-corrected chi connectivity index (χ0v) is 14.5. The summed E-state index contributed by atoms with van der Waals surface area (Å²) in [6.45, 7) is 2.94. The maximum Gasteiger partial charge on any atom is 0.224 e. The fraction of sp³-hybridized carbons (Fsp3) is 0.200. The molecule has 0 aliphatic heterocycles. The third-order valence-electron chi connectivity index (χ3n) is 3.88. The van der Waals surface area contributed by atoms with Crippen molar-refractivity contribution in [1.29, 1.82) is 0 Å². The number of hydrogen-bond donors (Lipinski definition) is 2. The molecule has 134 valence electrons. The second-order valence-corrected chi connectivity index (χ2v) is 5.97. The highest BCUT2D eigenvalue weighted by atomic mass is 19.1. The van der Waals surface area contributed by atoms with E-state index in [0.29, 0.717) is 36.8 Å². The summed E-state index contributed by atoms with van der Waals surface area (Å²) in [5.74, 6) is 0.701. The first-order valence-electron chi connectivity index (χ1n) is 8.41. The van der Waals surface area contributed by atoms with Crippen molar-refractivity contribution in [3.05, 3.63) is 83.1 Å². The van der Waals surface area contributed by atoms with Gasteiger partial charge in [0.1, 0.15) is 17.5 Å². The van der Waals surface area contributed by atoms with Crippen LogP contribution in [0.25, 0.3) is 0 Å². The van der Waals surface area contributed by atoms with Crippen LogP contribution in [0.2, 0.25) is 0 Å². The van der Waals surface area contributed by atoms with Crippen molar-refractivity contribution in [1.82, 2.24) is 9.97 Å². The molecule has 0 aliphatic carbocycles. The van der Waals surface area contributed by atoms with Gasteiger partial charge in [-0.15, -0.1) is 0 Å². The van der Waals surface area contributed by atoms with E-state index in [9.17, 15) is 8.78 Å². The quantitative estimate of drug-likeness (QED) is 0.663. The average molecular weight is 354 g/mol. The summed E-state index contributed by atoms with van der Waals surface area (Å²) >= 11 is 0. The first kappa shape index (κ1) is 17.8. The van der Waals surface area contributed by atoms with Crippen LogP contribution in [0.5, 0.6) is 0 Å². The molecule has 0 bridgehead atoms. The largest absolute Gasteiger partial charge is 0.366 e. The SMILES string of the molecule is Cc1cc(NCc2ccc(F)cc2)nc(NCCc2ccccc2F)n1. The molecular weight excluding hydrogens is 334 g/mol. The second kappa shape index (κ2) is 8.38. The molecule has 3 rings (SSSR count). The molecule has 2 N–H and O–H groups in total. The molecule has 26 heavy (non-hydrogen) atoms. The van der Waals surface area contributed by atoms with E-state index in [4.69, 9.17) is 0 Å². The van der Waals surface area contributed by atoms with Crippen molar-refractivity contribution in [3.63, 3.8) is 0 Å². The van der Waals surface area contributed by atoms with E-state index in [0.717, 1.165) is 11.3 Å². The fourth-order valence-electron chi connectivity index (χ4n) is 2.54. The third kappa shape index (κ3) is 4.99. The van der Waals surface area contributed by atoms with Crippen LogP contribution in [0.4, 0.5) is 20.5 Å². The summed E-state index contributed by atoms with van der Waals surface area (Å²) in [4.78, 5) is 8.77. The van der Waals surface area contributed by atoms with Gasteiger partial charge in [0.15, 0.2) is 0 Å². The van der Waals surface area contributed by atoms with E-state index < -0.39 is 0 Å². The van der Waals surface area contributed by atoms with Gasteiger partial charge in [-0.2, -0.15) is 4.98 Å². The van der Waals surface area contributed by atoms with Gasteiger partial charge in [-0.25, -0.2) is 13.8 Å². The minimum absolute atomic E-state index is 0.207. The molecule has 0 spiro atoms. The number of anilines is 2. The van der Waals surface area contributed by atoms with Crippen LogP contribution in [0.3, 0.4) is 0 Å². The lowest BCUT2D eigenvalue weighted by Gasteiger charge is -2.10. The maximum absolute atomic E-state index is 13.6. The van der Waals surface area contributed by atoms with E-state index >= 15 is 0 Å². The summed E-state index contributed by atoms with van der Waals surface area (Å²) in [5.41, 5.74) is 2.43. The monoisotopic (exact) mass is 354 g/mol. The normalized spacial score (nSPS) is 10.6. The van der Waals surface area contributed by atoms with Crippen LogP contribution in [-0.4, -0.2) is 16.5 Å². The molecule has 0 unspecified atom stereocenters. The summed E-state index contributed by atoms with van der Waals surface area (Å²) < 4.78 is 26.6. The molecule has 0 aliphatic rings. The predicted molar refractivity (Wildman–Crippen MR) is 99.1 cm³/mol. The van der Waals surface area contributed by atoms with Crippen molar-refractivity contribution in [2.45, 2.75) is 19.9 Å². The average Bonchev–Trinajstić information content (AvgIpc) is 2.62. The Balaban J connectivity index is 1.58. The Morgan fingerprint density at radius 1 is 0.923 bits per heavy atom. The zero-order valence-electron chi connectivity index (χ0n) is 14.5. The van der Waals surface area contributed by atoms with Crippen LogP contribution in [-0.2, 0) is 13.0 Å². The van der Waals surface area contributed by atoms with Crippen molar-refractivity contribution >= 4 is 11.8 Å². The molecule has 0 atom stereocenters.